The van der Waals surface area contributed by atoms with Crippen LogP contribution in [0.4, 0.5) is 4.39 Å². The summed E-state index contributed by atoms with van der Waals surface area (Å²) in [5.74, 6) is 0.507. The lowest BCUT2D eigenvalue weighted by Gasteiger charge is -2.29. The molecule has 1 fully saturated rings. The molecule has 0 amide bonds. The molecule has 0 bridgehead atoms. The monoisotopic (exact) mass is 237 g/mol. The van der Waals surface area contributed by atoms with Crippen LogP contribution in [0.1, 0.15) is 25.3 Å². The Hall–Kier alpha value is -1.09. The molecule has 2 nitrogen and oxygen atoms in total. The maximum atomic E-state index is 13.6. The van der Waals surface area contributed by atoms with Crippen LogP contribution in [0.3, 0.4) is 0 Å². The number of aryl methyl sites for hydroxylation is 1. The van der Waals surface area contributed by atoms with Gasteiger partial charge in [0.1, 0.15) is 17.7 Å². The fourth-order valence-electron chi connectivity index (χ4n) is 2.18. The van der Waals surface area contributed by atoms with Gasteiger partial charge in [0.25, 0.3) is 0 Å². The second kappa shape index (κ2) is 5.50. The average Bonchev–Trinajstić information content (AvgIpc) is 2.32. The first-order chi connectivity index (χ1) is 8.19. The molecule has 0 unspecified atom stereocenters. The second-order valence-electron chi connectivity index (χ2n) is 4.73. The van der Waals surface area contributed by atoms with E-state index in [1.54, 1.807) is 0 Å². The van der Waals surface area contributed by atoms with E-state index in [0.29, 0.717) is 5.75 Å². The summed E-state index contributed by atoms with van der Waals surface area (Å²) in [6.45, 7) is 4.07. The smallest absolute Gasteiger partial charge is 0.130 e. The van der Waals surface area contributed by atoms with Crippen LogP contribution in [0.25, 0.3) is 0 Å². The van der Waals surface area contributed by atoms with Crippen molar-refractivity contribution in [2.45, 2.75) is 32.3 Å². The molecule has 0 aliphatic carbocycles. The minimum Gasteiger partial charge on any atom is -0.490 e. The lowest BCUT2D eigenvalue weighted by molar-refractivity contribution is 0.114. The van der Waals surface area contributed by atoms with Crippen molar-refractivity contribution in [3.05, 3.63) is 29.6 Å². The van der Waals surface area contributed by atoms with Gasteiger partial charge in [0, 0.05) is 19.2 Å². The standard InChI is InChI=1S/C14H20FNO/c1-3-11-4-5-13(10-14(11)15)17-12-6-8-16(2)9-7-12/h4-5,10,12H,3,6-9H2,1-2H3. The predicted octanol–water partition coefficient (Wildman–Crippen LogP) is 2.86. The van der Waals surface area contributed by atoms with Crippen LogP contribution in [0.15, 0.2) is 18.2 Å². The first-order valence-corrected chi connectivity index (χ1v) is 6.32. The van der Waals surface area contributed by atoms with E-state index in [4.69, 9.17) is 4.74 Å². The molecule has 1 aliphatic rings. The van der Waals surface area contributed by atoms with Crippen LogP contribution in [0.2, 0.25) is 0 Å². The number of nitrogens with zero attached hydrogens (tertiary/aromatic N) is 1. The van der Waals surface area contributed by atoms with Gasteiger partial charge in [-0.15, -0.1) is 0 Å². The fourth-order valence-corrected chi connectivity index (χ4v) is 2.18. The molecule has 1 saturated heterocycles. The second-order valence-corrected chi connectivity index (χ2v) is 4.73. The van der Waals surface area contributed by atoms with Crippen molar-refractivity contribution >= 4 is 0 Å². The van der Waals surface area contributed by atoms with Gasteiger partial charge in [-0.05, 0) is 37.9 Å². The Balaban J connectivity index is 1.97. The summed E-state index contributed by atoms with van der Waals surface area (Å²) in [4.78, 5) is 2.29. The molecule has 94 valence electrons. The number of hydrogen-bond donors (Lipinski definition) is 0. The van der Waals surface area contributed by atoms with E-state index in [2.05, 4.69) is 11.9 Å². The van der Waals surface area contributed by atoms with Crippen molar-refractivity contribution in [3.8, 4) is 5.75 Å². The van der Waals surface area contributed by atoms with Crippen LogP contribution in [-0.2, 0) is 6.42 Å². The summed E-state index contributed by atoms with van der Waals surface area (Å²) >= 11 is 0. The van der Waals surface area contributed by atoms with E-state index in [1.807, 2.05) is 19.1 Å². The number of likely N-dealkylation sites (tertiary alicyclic amines) is 1. The zero-order chi connectivity index (χ0) is 12.3. The average molecular weight is 237 g/mol. The van der Waals surface area contributed by atoms with Gasteiger partial charge in [-0.2, -0.15) is 0 Å². The lowest BCUT2D eigenvalue weighted by Crippen LogP contribution is -2.35. The summed E-state index contributed by atoms with van der Waals surface area (Å²) in [7, 11) is 2.12. The Morgan fingerprint density at radius 2 is 2.06 bits per heavy atom. The van der Waals surface area contributed by atoms with E-state index in [-0.39, 0.29) is 11.9 Å². The number of benzene rings is 1. The first kappa shape index (κ1) is 12.4. The summed E-state index contributed by atoms with van der Waals surface area (Å²) in [5.41, 5.74) is 0.751. The summed E-state index contributed by atoms with van der Waals surface area (Å²) < 4.78 is 19.4. The van der Waals surface area contributed by atoms with Crippen molar-refractivity contribution in [3.63, 3.8) is 0 Å². The van der Waals surface area contributed by atoms with Crippen LogP contribution in [0.5, 0.6) is 5.75 Å². The molecule has 1 heterocycles. The Labute approximate surface area is 102 Å². The third-order valence-electron chi connectivity index (χ3n) is 3.37. The summed E-state index contributed by atoms with van der Waals surface area (Å²) in [6.07, 6.45) is 3.00. The van der Waals surface area contributed by atoms with E-state index in [1.165, 1.54) is 6.07 Å². The fraction of sp³-hybridized carbons (Fsp3) is 0.571. The molecule has 3 heteroatoms. The highest BCUT2D eigenvalue weighted by molar-refractivity contribution is 5.29. The van der Waals surface area contributed by atoms with Gasteiger partial charge in [-0.1, -0.05) is 13.0 Å². The third kappa shape index (κ3) is 3.19. The van der Waals surface area contributed by atoms with Crippen molar-refractivity contribution in [1.82, 2.24) is 4.90 Å². The Morgan fingerprint density at radius 1 is 1.35 bits per heavy atom. The largest absolute Gasteiger partial charge is 0.490 e. The van der Waals surface area contributed by atoms with Gasteiger partial charge in [-0.3, -0.25) is 0 Å². The molecule has 1 aromatic rings. The molecular formula is C14H20FNO. The molecule has 0 N–H and O–H groups in total. The highest BCUT2D eigenvalue weighted by atomic mass is 19.1. The quantitative estimate of drug-likeness (QED) is 0.801. The minimum atomic E-state index is -0.155. The first-order valence-electron chi connectivity index (χ1n) is 6.32. The summed E-state index contributed by atoms with van der Waals surface area (Å²) in [5, 5.41) is 0. The van der Waals surface area contributed by atoms with Gasteiger partial charge in [0.15, 0.2) is 0 Å². The lowest BCUT2D eigenvalue weighted by atomic mass is 10.1. The van der Waals surface area contributed by atoms with Crippen LogP contribution < -0.4 is 4.74 Å². The van der Waals surface area contributed by atoms with Crippen LogP contribution in [0, 0.1) is 5.82 Å². The molecule has 2 rings (SSSR count). The number of rotatable bonds is 3. The normalized spacial score (nSPS) is 18.3. The molecule has 0 atom stereocenters. The number of ether oxygens (including phenoxy) is 1. The number of halogens is 1. The van der Waals surface area contributed by atoms with E-state index >= 15 is 0 Å². The summed E-state index contributed by atoms with van der Waals surface area (Å²) in [6, 6.07) is 5.21. The molecular weight excluding hydrogens is 217 g/mol. The highest BCUT2D eigenvalue weighted by Crippen LogP contribution is 2.21. The van der Waals surface area contributed by atoms with Crippen LogP contribution >= 0.6 is 0 Å². The van der Waals surface area contributed by atoms with Crippen molar-refractivity contribution in [1.29, 1.82) is 0 Å². The van der Waals surface area contributed by atoms with E-state index in [0.717, 1.165) is 37.9 Å². The van der Waals surface area contributed by atoms with Gasteiger partial charge in [0.2, 0.25) is 0 Å². The molecule has 0 radical (unpaired) electrons. The van der Waals surface area contributed by atoms with Gasteiger partial charge in [0.05, 0.1) is 0 Å². The highest BCUT2D eigenvalue weighted by Gasteiger charge is 2.18. The Bertz CT molecular complexity index is 372. The third-order valence-corrected chi connectivity index (χ3v) is 3.37. The SMILES string of the molecule is CCc1ccc(OC2CCN(C)CC2)cc1F. The van der Waals surface area contributed by atoms with E-state index in [9.17, 15) is 4.39 Å². The molecule has 0 spiro atoms. The number of piperidine rings is 1. The van der Waals surface area contributed by atoms with Gasteiger partial charge >= 0.3 is 0 Å². The Kier molecular flexibility index (Phi) is 4.00. The molecule has 17 heavy (non-hydrogen) atoms. The van der Waals surface area contributed by atoms with Crippen LogP contribution in [-0.4, -0.2) is 31.1 Å². The maximum Gasteiger partial charge on any atom is 0.130 e. The van der Waals surface area contributed by atoms with Crippen molar-refractivity contribution in [2.75, 3.05) is 20.1 Å². The predicted molar refractivity (Wildman–Crippen MR) is 66.9 cm³/mol. The maximum absolute atomic E-state index is 13.6. The van der Waals surface area contributed by atoms with Crippen molar-refractivity contribution in [2.24, 2.45) is 0 Å². The van der Waals surface area contributed by atoms with E-state index < -0.39 is 0 Å². The van der Waals surface area contributed by atoms with Crippen molar-refractivity contribution < 1.29 is 9.13 Å². The number of hydrogen-bond acceptors (Lipinski definition) is 2. The topological polar surface area (TPSA) is 12.5 Å². The molecule has 0 aromatic heterocycles. The molecule has 1 aliphatic heterocycles. The molecule has 1 aromatic carbocycles. The Morgan fingerprint density at radius 3 is 2.65 bits per heavy atom. The van der Waals surface area contributed by atoms with Gasteiger partial charge < -0.3 is 9.64 Å². The van der Waals surface area contributed by atoms with Gasteiger partial charge in [-0.25, -0.2) is 4.39 Å². The zero-order valence-electron chi connectivity index (χ0n) is 10.6. The molecule has 0 saturated carbocycles. The zero-order valence-corrected chi connectivity index (χ0v) is 10.6. The minimum absolute atomic E-state index is 0.155.